The van der Waals surface area contributed by atoms with Gasteiger partial charge in [0.25, 0.3) is 0 Å². The molecule has 0 rings (SSSR count). The molecule has 0 aliphatic carbocycles. The number of hydrogen-bond acceptors (Lipinski definition) is 6. The third kappa shape index (κ3) is 5.29. The molecule has 6 nitrogen and oxygen atoms in total. The van der Waals surface area contributed by atoms with E-state index in [1.54, 1.807) is 0 Å². The first-order chi connectivity index (χ1) is 7.37. The van der Waals surface area contributed by atoms with E-state index in [9.17, 15) is 20.4 Å². The zero-order valence-corrected chi connectivity index (χ0v) is 11.5. The van der Waals surface area contributed by atoms with Gasteiger partial charge in [0.15, 0.2) is 0 Å². The maximum Gasteiger partial charge on any atom is 0.116 e. The number of aliphatic hydroxyl groups excluding tert-OH is 2. The minimum atomic E-state index is -1.28. The molecule has 104 valence electrons. The lowest BCUT2D eigenvalue weighted by Gasteiger charge is -2.46. The molecule has 0 aromatic rings. The van der Waals surface area contributed by atoms with Crippen molar-refractivity contribution in [1.29, 1.82) is 0 Å². The summed E-state index contributed by atoms with van der Waals surface area (Å²) in [6, 6.07) is 0. The van der Waals surface area contributed by atoms with Crippen molar-refractivity contribution in [3.05, 3.63) is 0 Å². The highest BCUT2D eigenvalue weighted by molar-refractivity contribution is 4.79. The summed E-state index contributed by atoms with van der Waals surface area (Å²) < 4.78 is 0. The molecule has 0 radical (unpaired) electrons. The Kier molecular flexibility index (Phi) is 5.52. The van der Waals surface area contributed by atoms with Gasteiger partial charge in [0.05, 0.1) is 6.67 Å². The van der Waals surface area contributed by atoms with Gasteiger partial charge in [-0.05, 0) is 41.5 Å². The molecule has 0 bridgehead atoms. The highest BCUT2D eigenvalue weighted by atomic mass is 16.4. The van der Waals surface area contributed by atoms with Crippen molar-refractivity contribution in [3.8, 4) is 0 Å². The second kappa shape index (κ2) is 5.60. The van der Waals surface area contributed by atoms with E-state index < -0.39 is 23.9 Å². The first-order valence-corrected chi connectivity index (χ1v) is 5.71. The Hall–Kier alpha value is -0.240. The van der Waals surface area contributed by atoms with E-state index in [-0.39, 0.29) is 6.67 Å². The Labute approximate surface area is 103 Å². The molecule has 0 saturated heterocycles. The molecule has 0 aromatic heterocycles. The quantitative estimate of drug-likeness (QED) is 0.483. The van der Waals surface area contributed by atoms with Crippen LogP contribution in [0.5, 0.6) is 0 Å². The summed E-state index contributed by atoms with van der Waals surface area (Å²) in [6.45, 7) is 9.20. The lowest BCUT2D eigenvalue weighted by atomic mass is 10.1. The van der Waals surface area contributed by atoms with Crippen LogP contribution in [0.15, 0.2) is 0 Å². The van der Waals surface area contributed by atoms with Gasteiger partial charge in [-0.3, -0.25) is 0 Å². The Morgan fingerprint density at radius 3 is 1.35 bits per heavy atom. The van der Waals surface area contributed by atoms with Gasteiger partial charge in [0.2, 0.25) is 0 Å². The molecule has 2 unspecified atom stereocenters. The average Bonchev–Trinajstić information content (AvgIpc) is 1.96. The van der Waals surface area contributed by atoms with E-state index in [0.29, 0.717) is 0 Å². The zero-order chi connectivity index (χ0) is 14.0. The highest BCUT2D eigenvalue weighted by Crippen LogP contribution is 2.22. The third-order valence-electron chi connectivity index (χ3n) is 2.59. The predicted octanol–water partition coefficient (Wildman–Crippen LogP) is -0.319. The van der Waals surface area contributed by atoms with Crippen LogP contribution < -0.4 is 0 Å². The van der Waals surface area contributed by atoms with Crippen molar-refractivity contribution in [2.45, 2.75) is 65.4 Å². The van der Waals surface area contributed by atoms with E-state index in [2.05, 4.69) is 0 Å². The van der Waals surface area contributed by atoms with Gasteiger partial charge in [-0.2, -0.15) is 0 Å². The van der Waals surface area contributed by atoms with Crippen LogP contribution in [0.1, 0.15) is 41.5 Å². The van der Waals surface area contributed by atoms with Crippen LogP contribution in [0.3, 0.4) is 0 Å². The Bertz CT molecular complexity index is 209. The van der Waals surface area contributed by atoms with Crippen molar-refractivity contribution >= 4 is 0 Å². The van der Waals surface area contributed by atoms with Crippen molar-refractivity contribution in [2.24, 2.45) is 0 Å². The van der Waals surface area contributed by atoms with Gasteiger partial charge in [0, 0.05) is 0 Å². The molecule has 0 spiro atoms. The molecule has 0 aromatic carbocycles. The Balaban J connectivity index is 4.99. The summed E-state index contributed by atoms with van der Waals surface area (Å²) in [5.74, 6) is 0. The average molecular weight is 250 g/mol. The van der Waals surface area contributed by atoms with Gasteiger partial charge in [-0.15, -0.1) is 0 Å². The molecular formula is C11H26N2O4. The zero-order valence-electron chi connectivity index (χ0n) is 11.5. The maximum absolute atomic E-state index is 10.0. The van der Waals surface area contributed by atoms with Crippen LogP contribution in [0, 0.1) is 0 Å². The number of aliphatic hydroxyl groups is 4. The van der Waals surface area contributed by atoms with Crippen LogP contribution in [0.25, 0.3) is 0 Å². The van der Waals surface area contributed by atoms with Crippen LogP contribution in [0.2, 0.25) is 0 Å². The van der Waals surface area contributed by atoms with E-state index in [1.165, 1.54) is 51.3 Å². The van der Waals surface area contributed by atoms with Crippen molar-refractivity contribution in [3.63, 3.8) is 0 Å². The fraction of sp³-hybridized carbons (Fsp3) is 1.00. The van der Waals surface area contributed by atoms with E-state index in [1.807, 2.05) is 0 Å². The largest absolute Gasteiger partial charge is 0.379 e. The molecule has 17 heavy (non-hydrogen) atoms. The van der Waals surface area contributed by atoms with Crippen molar-refractivity contribution in [1.82, 2.24) is 9.80 Å². The maximum atomic E-state index is 10.0. The SMILES string of the molecule is CC(O)N(CN(C(C)(C)O)C(C)(C)O)C(C)O. The summed E-state index contributed by atoms with van der Waals surface area (Å²) >= 11 is 0. The molecule has 4 N–H and O–H groups in total. The topological polar surface area (TPSA) is 87.4 Å². The predicted molar refractivity (Wildman–Crippen MR) is 64.5 cm³/mol. The van der Waals surface area contributed by atoms with Gasteiger partial charge < -0.3 is 20.4 Å². The fourth-order valence-electron chi connectivity index (χ4n) is 1.73. The molecule has 0 heterocycles. The van der Waals surface area contributed by atoms with Crippen LogP contribution in [-0.4, -0.2) is 60.8 Å². The molecule has 0 fully saturated rings. The van der Waals surface area contributed by atoms with Crippen LogP contribution in [0.4, 0.5) is 0 Å². The first kappa shape index (κ1) is 16.8. The smallest absolute Gasteiger partial charge is 0.116 e. The molecule has 0 aliphatic heterocycles. The minimum Gasteiger partial charge on any atom is -0.379 e. The summed E-state index contributed by atoms with van der Waals surface area (Å²) in [6.07, 6.45) is -1.77. The first-order valence-electron chi connectivity index (χ1n) is 5.71. The normalized spacial score (nSPS) is 17.6. The van der Waals surface area contributed by atoms with Crippen LogP contribution >= 0.6 is 0 Å². The fourth-order valence-corrected chi connectivity index (χ4v) is 1.73. The van der Waals surface area contributed by atoms with Crippen molar-refractivity contribution < 1.29 is 20.4 Å². The third-order valence-corrected chi connectivity index (χ3v) is 2.59. The van der Waals surface area contributed by atoms with Crippen LogP contribution in [-0.2, 0) is 0 Å². The second-order valence-corrected chi connectivity index (χ2v) is 5.34. The van der Waals surface area contributed by atoms with Gasteiger partial charge in [0.1, 0.15) is 23.9 Å². The standard InChI is InChI=1S/C11H26N2O4/c1-8(14)12(9(2)15)7-13(10(3,4)16)11(5,6)17/h8-9,14-17H,7H2,1-6H3. The lowest BCUT2D eigenvalue weighted by molar-refractivity contribution is -0.237. The summed E-state index contributed by atoms with van der Waals surface area (Å²) in [4.78, 5) is 2.72. The monoisotopic (exact) mass is 250 g/mol. The van der Waals surface area contributed by atoms with Gasteiger partial charge in [-0.25, -0.2) is 9.80 Å². The number of rotatable bonds is 6. The molecule has 0 saturated carbocycles. The molecule has 6 heteroatoms. The highest BCUT2D eigenvalue weighted by Gasteiger charge is 2.37. The summed E-state index contributed by atoms with van der Waals surface area (Å²) in [5.41, 5.74) is -2.56. The van der Waals surface area contributed by atoms with Gasteiger partial charge >= 0.3 is 0 Å². The Morgan fingerprint density at radius 2 is 1.18 bits per heavy atom. The number of nitrogens with zero attached hydrogens (tertiary/aromatic N) is 2. The lowest BCUT2D eigenvalue weighted by Crippen LogP contribution is -2.61. The van der Waals surface area contributed by atoms with Crippen molar-refractivity contribution in [2.75, 3.05) is 6.67 Å². The summed E-state index contributed by atoms with van der Waals surface area (Å²) in [5, 5.41) is 39.1. The van der Waals surface area contributed by atoms with E-state index in [4.69, 9.17) is 0 Å². The molecular weight excluding hydrogens is 224 g/mol. The van der Waals surface area contributed by atoms with E-state index >= 15 is 0 Å². The number of hydrogen-bond donors (Lipinski definition) is 4. The minimum absolute atomic E-state index is 0.0301. The summed E-state index contributed by atoms with van der Waals surface area (Å²) in [7, 11) is 0. The molecule has 2 atom stereocenters. The van der Waals surface area contributed by atoms with Gasteiger partial charge in [-0.1, -0.05) is 0 Å². The molecule has 0 amide bonds. The molecule has 0 aliphatic rings. The second-order valence-electron chi connectivity index (χ2n) is 5.34. The van der Waals surface area contributed by atoms with E-state index in [0.717, 1.165) is 0 Å². The Morgan fingerprint density at radius 1 is 0.882 bits per heavy atom.